The number of sulfone groups is 1. The van der Waals surface area contributed by atoms with E-state index in [4.69, 9.17) is 0 Å². The van der Waals surface area contributed by atoms with E-state index in [1.165, 1.54) is 6.26 Å². The van der Waals surface area contributed by atoms with E-state index in [2.05, 4.69) is 26.4 Å². The minimum Gasteiger partial charge on any atom is -0.371 e. The standard InChI is InChI=1S/C21H22N4O3S/c1-13(2)20(26)17-11-22-21-19(17)24-18(12-23-21)14-8-15(25-6-4-5-7-25)10-16(9-14)29(3,27)28/h8-12H,1,4-7H2,2-3H3,(H,22,23). The number of aromatic amines is 1. The van der Waals surface area contributed by atoms with Gasteiger partial charge in [0.2, 0.25) is 0 Å². The minimum absolute atomic E-state index is 0.203. The summed E-state index contributed by atoms with van der Waals surface area (Å²) >= 11 is 0. The number of anilines is 1. The van der Waals surface area contributed by atoms with Crippen LogP contribution in [0.2, 0.25) is 0 Å². The van der Waals surface area contributed by atoms with Crippen molar-refractivity contribution < 1.29 is 13.2 Å². The van der Waals surface area contributed by atoms with Crippen molar-refractivity contribution in [3.8, 4) is 11.3 Å². The molecule has 0 spiro atoms. The summed E-state index contributed by atoms with van der Waals surface area (Å²) in [5.74, 6) is -0.203. The first-order valence-corrected chi connectivity index (χ1v) is 11.3. The van der Waals surface area contributed by atoms with E-state index in [-0.39, 0.29) is 10.7 Å². The van der Waals surface area contributed by atoms with E-state index in [1.807, 2.05) is 6.07 Å². The average molecular weight is 410 g/mol. The van der Waals surface area contributed by atoms with Gasteiger partial charge in [0.1, 0.15) is 5.52 Å². The predicted octanol–water partition coefficient (Wildman–Crippen LogP) is 3.39. The number of H-pyrrole nitrogens is 1. The molecule has 1 aliphatic rings. The van der Waals surface area contributed by atoms with Crippen LogP contribution in [0.15, 0.2) is 47.6 Å². The third-order valence-electron chi connectivity index (χ3n) is 5.10. The lowest BCUT2D eigenvalue weighted by molar-refractivity contribution is 0.103. The number of rotatable bonds is 5. The highest BCUT2D eigenvalue weighted by Crippen LogP contribution is 2.31. The van der Waals surface area contributed by atoms with Crippen molar-refractivity contribution in [1.29, 1.82) is 0 Å². The number of carbonyl (C=O) groups excluding carboxylic acids is 1. The van der Waals surface area contributed by atoms with Gasteiger partial charge in [0, 0.05) is 36.8 Å². The Morgan fingerprint density at radius 1 is 1.21 bits per heavy atom. The number of hydrogen-bond acceptors (Lipinski definition) is 6. The van der Waals surface area contributed by atoms with Crippen LogP contribution in [0.3, 0.4) is 0 Å². The predicted molar refractivity (Wildman–Crippen MR) is 113 cm³/mol. The molecule has 7 nitrogen and oxygen atoms in total. The zero-order chi connectivity index (χ0) is 20.8. The van der Waals surface area contributed by atoms with Gasteiger partial charge in [0.15, 0.2) is 21.3 Å². The van der Waals surface area contributed by atoms with E-state index < -0.39 is 9.84 Å². The Bertz CT molecular complexity index is 1240. The van der Waals surface area contributed by atoms with Crippen molar-refractivity contribution in [3.63, 3.8) is 0 Å². The van der Waals surface area contributed by atoms with Crippen molar-refractivity contribution in [1.82, 2.24) is 15.0 Å². The molecule has 1 aliphatic heterocycles. The smallest absolute Gasteiger partial charge is 0.191 e. The molecule has 8 heteroatoms. The fraction of sp³-hybridized carbons (Fsp3) is 0.286. The number of benzene rings is 1. The second-order valence-corrected chi connectivity index (χ2v) is 9.46. The van der Waals surface area contributed by atoms with Gasteiger partial charge in [-0.25, -0.2) is 18.4 Å². The molecule has 0 aliphatic carbocycles. The second kappa shape index (κ2) is 7.11. The summed E-state index contributed by atoms with van der Waals surface area (Å²) in [5, 5.41) is 0. The lowest BCUT2D eigenvalue weighted by Gasteiger charge is -2.19. The van der Waals surface area contributed by atoms with Crippen LogP contribution in [-0.2, 0) is 9.84 Å². The molecule has 1 N–H and O–H groups in total. The molecule has 0 amide bonds. The Morgan fingerprint density at radius 3 is 2.59 bits per heavy atom. The number of carbonyl (C=O) groups is 1. The van der Waals surface area contributed by atoms with Gasteiger partial charge >= 0.3 is 0 Å². The Kier molecular flexibility index (Phi) is 4.74. The van der Waals surface area contributed by atoms with E-state index in [9.17, 15) is 13.2 Å². The maximum atomic E-state index is 12.4. The molecule has 0 bridgehead atoms. The van der Waals surface area contributed by atoms with Crippen molar-refractivity contribution in [2.24, 2.45) is 0 Å². The zero-order valence-corrected chi connectivity index (χ0v) is 17.2. The molecule has 150 valence electrons. The second-order valence-electron chi connectivity index (χ2n) is 7.45. The number of fused-ring (bicyclic) bond motifs is 1. The van der Waals surface area contributed by atoms with Crippen molar-refractivity contribution >= 4 is 32.5 Å². The first-order chi connectivity index (χ1) is 13.7. The van der Waals surface area contributed by atoms with Gasteiger partial charge in [0.25, 0.3) is 0 Å². The lowest BCUT2D eigenvalue weighted by atomic mass is 10.1. The first kappa shape index (κ1) is 19.3. The summed E-state index contributed by atoms with van der Waals surface area (Å²) in [5.41, 5.74) is 3.78. The topological polar surface area (TPSA) is 96.0 Å². The van der Waals surface area contributed by atoms with Crippen LogP contribution in [0.25, 0.3) is 22.4 Å². The molecule has 2 aromatic heterocycles. The summed E-state index contributed by atoms with van der Waals surface area (Å²) in [6.45, 7) is 7.15. The fourth-order valence-corrected chi connectivity index (χ4v) is 4.21. The third-order valence-corrected chi connectivity index (χ3v) is 6.19. The number of aromatic nitrogens is 3. The molecule has 0 atom stereocenters. The monoisotopic (exact) mass is 410 g/mol. The van der Waals surface area contributed by atoms with Crippen LogP contribution in [0.4, 0.5) is 5.69 Å². The molecule has 3 heterocycles. The van der Waals surface area contributed by atoms with E-state index in [1.54, 1.807) is 31.5 Å². The largest absolute Gasteiger partial charge is 0.371 e. The average Bonchev–Trinajstić information content (AvgIpc) is 3.35. The number of ketones is 1. The lowest BCUT2D eigenvalue weighted by Crippen LogP contribution is -2.18. The maximum Gasteiger partial charge on any atom is 0.191 e. The summed E-state index contributed by atoms with van der Waals surface area (Å²) < 4.78 is 24.5. The summed E-state index contributed by atoms with van der Waals surface area (Å²) in [4.78, 5) is 26.8. The SMILES string of the molecule is C=C(C)C(=O)c1c[nH]c2ncc(-c3cc(N4CCCC4)cc(S(C)(=O)=O)c3)nc12. The van der Waals surface area contributed by atoms with Crippen LogP contribution >= 0.6 is 0 Å². The molecule has 0 radical (unpaired) electrons. The Morgan fingerprint density at radius 2 is 1.93 bits per heavy atom. The zero-order valence-electron chi connectivity index (χ0n) is 16.4. The molecule has 4 rings (SSSR count). The molecule has 3 aromatic rings. The van der Waals surface area contributed by atoms with E-state index in [0.29, 0.717) is 33.6 Å². The van der Waals surface area contributed by atoms with Crippen LogP contribution in [0, 0.1) is 0 Å². The van der Waals surface area contributed by atoms with Gasteiger partial charge in [0.05, 0.1) is 22.3 Å². The third kappa shape index (κ3) is 3.67. The van der Waals surface area contributed by atoms with Gasteiger partial charge in [-0.2, -0.15) is 0 Å². The van der Waals surface area contributed by atoms with Crippen molar-refractivity contribution in [3.05, 3.63) is 48.3 Å². The normalized spacial score (nSPS) is 14.5. The molecular weight excluding hydrogens is 388 g/mol. The summed E-state index contributed by atoms with van der Waals surface area (Å²) in [7, 11) is -3.40. The highest BCUT2D eigenvalue weighted by atomic mass is 32.2. The van der Waals surface area contributed by atoms with Gasteiger partial charge in [-0.15, -0.1) is 0 Å². The van der Waals surface area contributed by atoms with Crippen molar-refractivity contribution in [2.75, 3.05) is 24.2 Å². The van der Waals surface area contributed by atoms with Crippen LogP contribution in [-0.4, -0.2) is 48.5 Å². The molecule has 1 fully saturated rings. The van der Waals surface area contributed by atoms with Crippen LogP contribution in [0.1, 0.15) is 30.1 Å². The number of nitrogens with zero attached hydrogens (tertiary/aromatic N) is 3. The molecule has 0 saturated carbocycles. The highest BCUT2D eigenvalue weighted by Gasteiger charge is 2.20. The number of Topliss-reactive ketones (excluding diaryl/α,β-unsaturated/α-hetero) is 1. The molecular formula is C21H22N4O3S. The Labute approximate surface area is 169 Å². The molecule has 1 aromatic carbocycles. The molecule has 0 unspecified atom stereocenters. The highest BCUT2D eigenvalue weighted by molar-refractivity contribution is 7.90. The van der Waals surface area contributed by atoms with Crippen LogP contribution in [0.5, 0.6) is 0 Å². The maximum absolute atomic E-state index is 12.4. The van der Waals surface area contributed by atoms with Gasteiger partial charge in [-0.1, -0.05) is 6.58 Å². The first-order valence-electron chi connectivity index (χ1n) is 9.39. The number of nitrogens with one attached hydrogen (secondary N) is 1. The fourth-order valence-electron chi connectivity index (χ4n) is 3.54. The quantitative estimate of drug-likeness (QED) is 0.512. The van der Waals surface area contributed by atoms with Gasteiger partial charge < -0.3 is 9.88 Å². The van der Waals surface area contributed by atoms with E-state index >= 15 is 0 Å². The number of allylic oxidation sites excluding steroid dienone is 1. The molecule has 1 saturated heterocycles. The Balaban J connectivity index is 1.88. The van der Waals surface area contributed by atoms with Crippen molar-refractivity contribution in [2.45, 2.75) is 24.7 Å². The minimum atomic E-state index is -3.40. The van der Waals surface area contributed by atoms with Gasteiger partial charge in [-0.05, 0) is 43.5 Å². The Hall–Kier alpha value is -3.00. The van der Waals surface area contributed by atoms with Crippen LogP contribution < -0.4 is 4.90 Å². The molecule has 29 heavy (non-hydrogen) atoms. The summed E-state index contributed by atoms with van der Waals surface area (Å²) in [6.07, 6.45) is 6.53. The number of hydrogen-bond donors (Lipinski definition) is 1. The summed E-state index contributed by atoms with van der Waals surface area (Å²) in [6, 6.07) is 5.25. The van der Waals surface area contributed by atoms with E-state index in [0.717, 1.165) is 31.6 Å². The van der Waals surface area contributed by atoms with Gasteiger partial charge in [-0.3, -0.25) is 4.79 Å².